The van der Waals surface area contributed by atoms with Crippen LogP contribution in [0.1, 0.15) is 5.56 Å². The van der Waals surface area contributed by atoms with Crippen molar-refractivity contribution in [1.29, 1.82) is 0 Å². The highest BCUT2D eigenvalue weighted by atomic mass is 19.1. The van der Waals surface area contributed by atoms with Gasteiger partial charge in [0.15, 0.2) is 6.61 Å². The van der Waals surface area contributed by atoms with Gasteiger partial charge in [-0.15, -0.1) is 0 Å². The molecule has 0 aliphatic rings. The van der Waals surface area contributed by atoms with Crippen molar-refractivity contribution in [3.8, 4) is 5.75 Å². The number of nitrogens with zero attached hydrogens (tertiary/aromatic N) is 1. The van der Waals surface area contributed by atoms with Gasteiger partial charge in [0.1, 0.15) is 11.6 Å². The highest BCUT2D eigenvalue weighted by molar-refractivity contribution is 5.77. The SMILES string of the molecule is O=C(COc1cccc([N+](=O)[O-])c1)NCCc1ccccc1F. The minimum Gasteiger partial charge on any atom is -0.484 e. The summed E-state index contributed by atoms with van der Waals surface area (Å²) < 4.78 is 18.6. The van der Waals surface area contributed by atoms with Crippen molar-refractivity contribution in [3.63, 3.8) is 0 Å². The van der Waals surface area contributed by atoms with E-state index in [1.54, 1.807) is 18.2 Å². The molecular weight excluding hydrogens is 303 g/mol. The van der Waals surface area contributed by atoms with E-state index < -0.39 is 4.92 Å². The monoisotopic (exact) mass is 318 g/mol. The van der Waals surface area contributed by atoms with Gasteiger partial charge in [0.2, 0.25) is 0 Å². The lowest BCUT2D eigenvalue weighted by Crippen LogP contribution is -2.30. The van der Waals surface area contributed by atoms with Crippen LogP contribution in [0.25, 0.3) is 0 Å². The lowest BCUT2D eigenvalue weighted by Gasteiger charge is -2.08. The molecule has 7 heteroatoms. The number of hydrogen-bond donors (Lipinski definition) is 1. The lowest BCUT2D eigenvalue weighted by molar-refractivity contribution is -0.384. The number of carbonyl (C=O) groups excluding carboxylic acids is 1. The summed E-state index contributed by atoms with van der Waals surface area (Å²) in [4.78, 5) is 21.7. The first-order chi connectivity index (χ1) is 11.1. The van der Waals surface area contributed by atoms with Gasteiger partial charge >= 0.3 is 0 Å². The second-order valence-electron chi connectivity index (χ2n) is 4.73. The van der Waals surface area contributed by atoms with Crippen LogP contribution in [0.4, 0.5) is 10.1 Å². The number of nitrogens with one attached hydrogen (secondary N) is 1. The van der Waals surface area contributed by atoms with Crippen molar-refractivity contribution in [1.82, 2.24) is 5.32 Å². The van der Waals surface area contributed by atoms with E-state index in [-0.39, 0.29) is 36.3 Å². The van der Waals surface area contributed by atoms with Gasteiger partial charge in [-0.3, -0.25) is 14.9 Å². The summed E-state index contributed by atoms with van der Waals surface area (Å²) in [6, 6.07) is 11.9. The smallest absolute Gasteiger partial charge is 0.273 e. The number of nitro groups is 1. The molecule has 0 saturated heterocycles. The van der Waals surface area contributed by atoms with Gasteiger partial charge in [0, 0.05) is 12.6 Å². The standard InChI is InChI=1S/C16H15FN2O4/c17-15-7-2-1-4-12(15)8-9-18-16(20)11-23-14-6-3-5-13(10-14)19(21)22/h1-7,10H,8-9,11H2,(H,18,20). The Morgan fingerprint density at radius 2 is 2.00 bits per heavy atom. The molecule has 0 fully saturated rings. The zero-order valence-electron chi connectivity index (χ0n) is 12.2. The van der Waals surface area contributed by atoms with E-state index in [1.165, 1.54) is 30.3 Å². The van der Waals surface area contributed by atoms with Gasteiger partial charge in [-0.25, -0.2) is 4.39 Å². The van der Waals surface area contributed by atoms with Crippen LogP contribution >= 0.6 is 0 Å². The molecule has 2 rings (SSSR count). The second kappa shape index (κ2) is 7.88. The van der Waals surface area contributed by atoms with E-state index in [1.807, 2.05) is 0 Å². The quantitative estimate of drug-likeness (QED) is 0.628. The minimum absolute atomic E-state index is 0.109. The number of carbonyl (C=O) groups is 1. The summed E-state index contributed by atoms with van der Waals surface area (Å²) in [5, 5.41) is 13.2. The molecule has 0 heterocycles. The molecule has 0 aliphatic carbocycles. The average molecular weight is 318 g/mol. The number of hydrogen-bond acceptors (Lipinski definition) is 4. The summed E-state index contributed by atoms with van der Waals surface area (Å²) in [5.41, 5.74) is 0.412. The van der Waals surface area contributed by atoms with E-state index in [4.69, 9.17) is 4.74 Å². The Bertz CT molecular complexity index is 706. The van der Waals surface area contributed by atoms with Crippen LogP contribution in [0.15, 0.2) is 48.5 Å². The van der Waals surface area contributed by atoms with Gasteiger partial charge in [-0.05, 0) is 24.1 Å². The molecule has 0 aliphatic heterocycles. The molecule has 0 bridgehead atoms. The van der Waals surface area contributed by atoms with Gasteiger partial charge in [-0.2, -0.15) is 0 Å². The molecule has 120 valence electrons. The molecule has 0 saturated carbocycles. The predicted octanol–water partition coefficient (Wildman–Crippen LogP) is 2.47. The van der Waals surface area contributed by atoms with Crippen molar-refractivity contribution in [2.75, 3.05) is 13.2 Å². The number of benzene rings is 2. The van der Waals surface area contributed by atoms with Gasteiger partial charge in [0.25, 0.3) is 11.6 Å². The molecule has 1 amide bonds. The predicted molar refractivity (Wildman–Crippen MR) is 81.7 cm³/mol. The summed E-state index contributed by atoms with van der Waals surface area (Å²) >= 11 is 0. The molecule has 6 nitrogen and oxygen atoms in total. The summed E-state index contributed by atoms with van der Waals surface area (Å²) in [7, 11) is 0. The number of amides is 1. The van der Waals surface area contributed by atoms with Crippen molar-refractivity contribution in [2.24, 2.45) is 0 Å². The highest BCUT2D eigenvalue weighted by Crippen LogP contribution is 2.18. The Morgan fingerprint density at radius 1 is 1.22 bits per heavy atom. The second-order valence-corrected chi connectivity index (χ2v) is 4.73. The summed E-state index contributed by atoms with van der Waals surface area (Å²) in [6.45, 7) is 0.0104. The van der Waals surface area contributed by atoms with Gasteiger partial charge in [0.05, 0.1) is 11.0 Å². The van der Waals surface area contributed by atoms with Crippen LogP contribution in [-0.2, 0) is 11.2 Å². The van der Waals surface area contributed by atoms with E-state index in [2.05, 4.69) is 5.32 Å². The largest absolute Gasteiger partial charge is 0.484 e. The number of nitro benzene ring substituents is 1. The van der Waals surface area contributed by atoms with E-state index in [0.717, 1.165) is 0 Å². The lowest BCUT2D eigenvalue weighted by atomic mass is 10.1. The van der Waals surface area contributed by atoms with E-state index in [0.29, 0.717) is 12.0 Å². The molecule has 0 spiro atoms. The van der Waals surface area contributed by atoms with Crippen LogP contribution in [0.2, 0.25) is 0 Å². The van der Waals surface area contributed by atoms with Crippen molar-refractivity contribution < 1.29 is 18.8 Å². The number of ether oxygens (including phenoxy) is 1. The normalized spacial score (nSPS) is 10.1. The topological polar surface area (TPSA) is 81.5 Å². The fraction of sp³-hybridized carbons (Fsp3) is 0.188. The summed E-state index contributed by atoms with van der Waals surface area (Å²) in [6.07, 6.45) is 0.370. The Balaban J connectivity index is 1.76. The van der Waals surface area contributed by atoms with Crippen LogP contribution in [0.3, 0.4) is 0 Å². The third-order valence-corrected chi connectivity index (χ3v) is 3.07. The van der Waals surface area contributed by atoms with Gasteiger partial charge < -0.3 is 10.1 Å². The number of non-ortho nitro benzene ring substituents is 1. The number of halogens is 1. The Morgan fingerprint density at radius 3 is 2.74 bits per heavy atom. The van der Waals surface area contributed by atoms with E-state index >= 15 is 0 Å². The van der Waals surface area contributed by atoms with Crippen molar-refractivity contribution in [2.45, 2.75) is 6.42 Å². The Labute approximate surface area is 132 Å². The summed E-state index contributed by atoms with van der Waals surface area (Å²) in [5.74, 6) is -0.453. The van der Waals surface area contributed by atoms with Crippen LogP contribution in [0, 0.1) is 15.9 Å². The third-order valence-electron chi connectivity index (χ3n) is 3.07. The molecule has 2 aromatic carbocycles. The first kappa shape index (κ1) is 16.4. The maximum atomic E-state index is 13.4. The average Bonchev–Trinajstić information content (AvgIpc) is 2.55. The first-order valence-electron chi connectivity index (χ1n) is 6.93. The van der Waals surface area contributed by atoms with E-state index in [9.17, 15) is 19.3 Å². The number of rotatable bonds is 7. The fourth-order valence-electron chi connectivity index (χ4n) is 1.92. The maximum Gasteiger partial charge on any atom is 0.273 e. The first-order valence-corrected chi connectivity index (χ1v) is 6.93. The molecule has 0 unspecified atom stereocenters. The van der Waals surface area contributed by atoms with Crippen LogP contribution in [-0.4, -0.2) is 24.0 Å². The molecule has 0 atom stereocenters. The van der Waals surface area contributed by atoms with Gasteiger partial charge in [-0.1, -0.05) is 24.3 Å². The molecule has 0 aromatic heterocycles. The zero-order chi connectivity index (χ0) is 16.7. The van der Waals surface area contributed by atoms with Crippen molar-refractivity contribution >= 4 is 11.6 Å². The zero-order valence-corrected chi connectivity index (χ0v) is 12.2. The van der Waals surface area contributed by atoms with Crippen molar-refractivity contribution in [3.05, 3.63) is 70.0 Å². The van der Waals surface area contributed by atoms with Crippen LogP contribution in [0.5, 0.6) is 5.75 Å². The highest BCUT2D eigenvalue weighted by Gasteiger charge is 2.08. The Kier molecular flexibility index (Phi) is 5.62. The minimum atomic E-state index is -0.540. The fourth-order valence-corrected chi connectivity index (χ4v) is 1.92. The molecule has 23 heavy (non-hydrogen) atoms. The Hall–Kier alpha value is -2.96. The molecule has 2 aromatic rings. The van der Waals surface area contributed by atoms with Crippen LogP contribution < -0.4 is 10.1 Å². The molecular formula is C16H15FN2O4. The third kappa shape index (κ3) is 5.06. The molecule has 1 N–H and O–H groups in total. The maximum absolute atomic E-state index is 13.4. The molecule has 0 radical (unpaired) electrons.